The SMILES string of the molecule is CC[C@H]1CN2C[C@@]3(CCCc4cc(Cl)ccc43)COc3ccc(cc32)C(=O)N=S(=O)(NC(=O)Cc2ccnn2C)CCC/C=C\[C@H](OC)[C@@H]1C. The van der Waals surface area contributed by atoms with Crippen molar-refractivity contribution in [3.05, 3.63) is 88.2 Å². The van der Waals surface area contributed by atoms with E-state index in [9.17, 15) is 13.8 Å². The molecule has 3 aliphatic rings. The lowest BCUT2D eigenvalue weighted by molar-refractivity contribution is -0.118. The van der Waals surface area contributed by atoms with Crippen LogP contribution < -0.4 is 14.4 Å². The number of nitrogens with one attached hydrogen (secondary N) is 1. The van der Waals surface area contributed by atoms with Gasteiger partial charge in [-0.25, -0.2) is 4.21 Å². The third-order valence-electron chi connectivity index (χ3n) is 10.7. The molecule has 0 radical (unpaired) electrons. The Bertz CT molecular complexity index is 1880. The number of aryl methyl sites for hydroxylation is 2. The summed E-state index contributed by atoms with van der Waals surface area (Å²) >= 11 is 6.46. The molecule has 0 saturated carbocycles. The van der Waals surface area contributed by atoms with E-state index in [0.717, 1.165) is 42.9 Å². The van der Waals surface area contributed by atoms with Crippen LogP contribution in [0.3, 0.4) is 0 Å². The summed E-state index contributed by atoms with van der Waals surface area (Å²) < 4.78 is 35.4. The molecule has 2 bridgehead atoms. The Kier molecular flexibility index (Phi) is 11.0. The molecular formula is C38H48ClN5O5S. The summed E-state index contributed by atoms with van der Waals surface area (Å²) in [7, 11) is 0.0311. The van der Waals surface area contributed by atoms with Crippen molar-refractivity contribution in [3.8, 4) is 5.75 Å². The molecule has 10 nitrogen and oxygen atoms in total. The summed E-state index contributed by atoms with van der Waals surface area (Å²) in [5.41, 5.74) is 4.00. The molecule has 1 aliphatic carbocycles. The van der Waals surface area contributed by atoms with E-state index in [2.05, 4.69) is 51.1 Å². The van der Waals surface area contributed by atoms with Gasteiger partial charge >= 0.3 is 0 Å². The van der Waals surface area contributed by atoms with Crippen LogP contribution in [0.1, 0.15) is 73.1 Å². The van der Waals surface area contributed by atoms with Gasteiger partial charge in [-0.1, -0.05) is 50.1 Å². The summed E-state index contributed by atoms with van der Waals surface area (Å²) in [6, 6.07) is 13.3. The Morgan fingerprint density at radius 1 is 1.20 bits per heavy atom. The molecule has 5 atom stereocenters. The normalized spacial score (nSPS) is 27.8. The number of hydrogen-bond donors (Lipinski definition) is 1. The number of ether oxygens (including phenoxy) is 2. The number of amides is 2. The van der Waals surface area contributed by atoms with Gasteiger partial charge in [-0.2, -0.15) is 5.10 Å². The molecule has 1 aromatic heterocycles. The molecule has 6 rings (SSSR count). The summed E-state index contributed by atoms with van der Waals surface area (Å²) in [5, 5.41) is 4.85. The fraction of sp³-hybridized carbons (Fsp3) is 0.500. The zero-order valence-corrected chi connectivity index (χ0v) is 31.0. The van der Waals surface area contributed by atoms with E-state index < -0.39 is 21.7 Å². The molecule has 3 aromatic rings. The van der Waals surface area contributed by atoms with Crippen molar-refractivity contribution in [2.75, 3.05) is 37.5 Å². The molecule has 268 valence electrons. The van der Waals surface area contributed by atoms with Crippen molar-refractivity contribution in [1.29, 1.82) is 0 Å². The van der Waals surface area contributed by atoms with E-state index in [-0.39, 0.29) is 35.5 Å². The predicted octanol–water partition coefficient (Wildman–Crippen LogP) is 6.46. The van der Waals surface area contributed by atoms with Crippen LogP contribution in [0.25, 0.3) is 0 Å². The summed E-state index contributed by atoms with van der Waals surface area (Å²) in [4.78, 5) is 29.4. The third-order valence-corrected chi connectivity index (χ3v) is 12.8. The molecule has 2 aromatic carbocycles. The average molecular weight is 722 g/mol. The fourth-order valence-corrected chi connectivity index (χ4v) is 9.61. The van der Waals surface area contributed by atoms with Gasteiger partial charge in [0, 0.05) is 55.1 Å². The Morgan fingerprint density at radius 3 is 2.80 bits per heavy atom. The number of nitrogens with zero attached hydrogens (tertiary/aromatic N) is 4. The summed E-state index contributed by atoms with van der Waals surface area (Å²) in [5.74, 6) is 0.0441. The van der Waals surface area contributed by atoms with Crippen LogP contribution in [0.15, 0.2) is 65.2 Å². The smallest absolute Gasteiger partial charge is 0.286 e. The number of hydrogen-bond acceptors (Lipinski definition) is 7. The lowest BCUT2D eigenvalue weighted by Gasteiger charge is -2.42. The first-order valence-electron chi connectivity index (χ1n) is 17.6. The molecule has 12 heteroatoms. The molecule has 0 fully saturated rings. The van der Waals surface area contributed by atoms with E-state index in [1.807, 2.05) is 24.3 Å². The Labute approximate surface area is 300 Å². The third kappa shape index (κ3) is 7.80. The maximum absolute atomic E-state index is 14.3. The molecule has 1 spiro atoms. The first-order chi connectivity index (χ1) is 24.0. The zero-order chi connectivity index (χ0) is 35.5. The van der Waals surface area contributed by atoms with E-state index in [1.54, 1.807) is 37.2 Å². The number of fused-ring (bicyclic) bond motifs is 3. The highest BCUT2D eigenvalue weighted by molar-refractivity contribution is 7.92. The van der Waals surface area contributed by atoms with Gasteiger partial charge in [-0.05, 0) is 91.5 Å². The number of methoxy groups -OCH3 is 1. The van der Waals surface area contributed by atoms with Crippen LogP contribution in [0.2, 0.25) is 5.02 Å². The molecular weight excluding hydrogens is 674 g/mol. The van der Waals surface area contributed by atoms with Gasteiger partial charge in [-0.15, -0.1) is 4.36 Å². The second-order valence-electron chi connectivity index (χ2n) is 14.0. The van der Waals surface area contributed by atoms with Crippen molar-refractivity contribution in [2.45, 2.75) is 70.3 Å². The van der Waals surface area contributed by atoms with E-state index in [0.29, 0.717) is 43.0 Å². The molecule has 3 heterocycles. The number of carbonyl (C=O) groups excluding carboxylic acids is 2. The van der Waals surface area contributed by atoms with Gasteiger partial charge in [0.05, 0.1) is 30.6 Å². The van der Waals surface area contributed by atoms with Crippen molar-refractivity contribution in [1.82, 2.24) is 14.5 Å². The quantitative estimate of drug-likeness (QED) is 0.301. The minimum atomic E-state index is -3.45. The van der Waals surface area contributed by atoms with Crippen molar-refractivity contribution < 1.29 is 23.3 Å². The van der Waals surface area contributed by atoms with Crippen molar-refractivity contribution >= 4 is 39.0 Å². The van der Waals surface area contributed by atoms with Crippen LogP contribution in [0, 0.1) is 11.8 Å². The number of anilines is 1. The second-order valence-corrected chi connectivity index (χ2v) is 16.5. The highest BCUT2D eigenvalue weighted by Crippen LogP contribution is 2.45. The van der Waals surface area contributed by atoms with Gasteiger partial charge in [0.25, 0.3) is 5.91 Å². The van der Waals surface area contributed by atoms with Gasteiger partial charge in [-0.3, -0.25) is 19.0 Å². The molecule has 2 aliphatic heterocycles. The maximum Gasteiger partial charge on any atom is 0.286 e. The van der Waals surface area contributed by atoms with Gasteiger partial charge in [0.2, 0.25) is 5.91 Å². The van der Waals surface area contributed by atoms with E-state index in [4.69, 9.17) is 21.1 Å². The number of benzene rings is 2. The van der Waals surface area contributed by atoms with Gasteiger partial charge in [0.1, 0.15) is 15.7 Å². The monoisotopic (exact) mass is 721 g/mol. The molecule has 2 amide bonds. The summed E-state index contributed by atoms with van der Waals surface area (Å²) in [6.07, 6.45) is 10.5. The number of aromatic nitrogens is 2. The average Bonchev–Trinajstić information content (AvgIpc) is 3.42. The highest BCUT2D eigenvalue weighted by atomic mass is 35.5. The first kappa shape index (κ1) is 36.1. The van der Waals surface area contributed by atoms with Gasteiger partial charge < -0.3 is 14.4 Å². The Morgan fingerprint density at radius 2 is 2.04 bits per heavy atom. The lowest BCUT2D eigenvalue weighted by Crippen LogP contribution is -2.47. The lowest BCUT2D eigenvalue weighted by atomic mass is 9.70. The topological polar surface area (TPSA) is 115 Å². The van der Waals surface area contributed by atoms with Crippen molar-refractivity contribution in [3.63, 3.8) is 0 Å². The van der Waals surface area contributed by atoms with E-state index in [1.165, 1.54) is 11.1 Å². The number of rotatable bonds is 5. The van der Waals surface area contributed by atoms with Gasteiger partial charge in [0.15, 0.2) is 0 Å². The zero-order valence-electron chi connectivity index (χ0n) is 29.4. The Hall–Kier alpha value is -3.67. The minimum absolute atomic E-state index is 0.0249. The van der Waals surface area contributed by atoms with Crippen LogP contribution in [0.5, 0.6) is 5.75 Å². The number of carbonyl (C=O) groups is 2. The highest BCUT2D eigenvalue weighted by Gasteiger charge is 2.42. The summed E-state index contributed by atoms with van der Waals surface area (Å²) in [6.45, 7) is 6.37. The molecule has 0 saturated heterocycles. The minimum Gasteiger partial charge on any atom is -0.490 e. The predicted molar refractivity (Wildman–Crippen MR) is 197 cm³/mol. The van der Waals surface area contributed by atoms with Crippen LogP contribution in [-0.4, -0.2) is 64.5 Å². The first-order valence-corrected chi connectivity index (χ1v) is 19.7. The number of allylic oxidation sites excluding steroid dienone is 1. The van der Waals surface area contributed by atoms with Crippen LogP contribution >= 0.6 is 11.6 Å². The van der Waals surface area contributed by atoms with Crippen LogP contribution in [0.4, 0.5) is 5.69 Å². The number of halogens is 1. The van der Waals surface area contributed by atoms with Crippen LogP contribution in [-0.2, 0) is 44.8 Å². The standard InChI is InChI=1S/C38H48ClN5O5S/c1-5-27-23-44-24-38(17-9-10-28-20-30(39)13-14-32(28)38)25-49-35-15-12-29(21-33(35)44)37(46)42-50(47,19-8-6-7-11-34(48-4)26(27)2)41-36(45)22-31-16-18-40-43(31)3/h7,11-16,18,20-21,26-27,34H,5-6,8-10,17,19,22-25H2,1-4H3,(H,41,42,45,46,47)/b11-7-/t26-,27+,34+,38+,50?/m1/s1. The maximum atomic E-state index is 14.3. The molecule has 50 heavy (non-hydrogen) atoms. The fourth-order valence-electron chi connectivity index (χ4n) is 7.82. The second kappa shape index (κ2) is 15.3. The van der Waals surface area contributed by atoms with E-state index >= 15 is 0 Å². The molecule has 1 unspecified atom stereocenters. The van der Waals surface area contributed by atoms with Crippen molar-refractivity contribution in [2.24, 2.45) is 23.2 Å². The Balaban J connectivity index is 1.42. The molecule has 1 N–H and O–H groups in total. The largest absolute Gasteiger partial charge is 0.490 e.